The molecule has 2 aromatic carbocycles. The van der Waals surface area contributed by atoms with Crippen LogP contribution in [0.5, 0.6) is 11.5 Å². The van der Waals surface area contributed by atoms with Crippen LogP contribution in [0.2, 0.25) is 0 Å². The number of imide groups is 1. The van der Waals surface area contributed by atoms with Gasteiger partial charge in [0.05, 0.1) is 19.8 Å². The number of halogens is 1. The van der Waals surface area contributed by atoms with Crippen LogP contribution < -0.4 is 14.8 Å². The Morgan fingerprint density at radius 1 is 1.14 bits per heavy atom. The van der Waals surface area contributed by atoms with E-state index in [1.165, 1.54) is 4.90 Å². The van der Waals surface area contributed by atoms with Crippen LogP contribution in [0.1, 0.15) is 25.0 Å². The third-order valence-electron chi connectivity index (χ3n) is 4.10. The Kier molecular flexibility index (Phi) is 6.04. The van der Waals surface area contributed by atoms with Crippen LogP contribution in [0.4, 0.5) is 4.79 Å². The Morgan fingerprint density at radius 3 is 2.50 bits per heavy atom. The molecule has 7 heteroatoms. The molecule has 0 unspecified atom stereocenters. The van der Waals surface area contributed by atoms with Crippen LogP contribution in [0.3, 0.4) is 0 Å². The minimum Gasteiger partial charge on any atom is -0.493 e. The van der Waals surface area contributed by atoms with Crippen molar-refractivity contribution in [3.8, 4) is 11.5 Å². The summed E-state index contributed by atoms with van der Waals surface area (Å²) in [5, 5.41) is 2.64. The third kappa shape index (κ3) is 4.36. The minimum atomic E-state index is -0.451. The van der Waals surface area contributed by atoms with E-state index in [-0.39, 0.29) is 24.3 Å². The van der Waals surface area contributed by atoms with Crippen molar-refractivity contribution in [3.05, 3.63) is 63.8 Å². The van der Waals surface area contributed by atoms with E-state index < -0.39 is 6.03 Å². The number of carbonyl (C=O) groups is 2. The number of ether oxygens (including phenoxy) is 2. The highest BCUT2D eigenvalue weighted by Crippen LogP contribution is 2.34. The fourth-order valence-electron chi connectivity index (χ4n) is 2.81. The summed E-state index contributed by atoms with van der Waals surface area (Å²) in [6, 6.07) is 12.4. The summed E-state index contributed by atoms with van der Waals surface area (Å²) in [4.78, 5) is 26.3. The van der Waals surface area contributed by atoms with E-state index in [9.17, 15) is 9.59 Å². The van der Waals surface area contributed by atoms with Gasteiger partial charge in [0.25, 0.3) is 5.91 Å². The molecule has 6 nitrogen and oxygen atoms in total. The molecular formula is C21H21BrN2O4. The van der Waals surface area contributed by atoms with E-state index in [0.29, 0.717) is 17.1 Å². The molecule has 0 radical (unpaired) electrons. The van der Waals surface area contributed by atoms with Crippen molar-refractivity contribution in [1.82, 2.24) is 10.2 Å². The van der Waals surface area contributed by atoms with Gasteiger partial charge in [-0.05, 0) is 43.7 Å². The molecule has 0 atom stereocenters. The molecule has 1 heterocycles. The van der Waals surface area contributed by atoms with Gasteiger partial charge in [-0.15, -0.1) is 0 Å². The van der Waals surface area contributed by atoms with Crippen molar-refractivity contribution >= 4 is 33.9 Å². The fraction of sp³-hybridized carbons (Fsp3) is 0.238. The molecule has 28 heavy (non-hydrogen) atoms. The van der Waals surface area contributed by atoms with E-state index in [1.807, 2.05) is 44.2 Å². The van der Waals surface area contributed by atoms with Crippen molar-refractivity contribution in [2.75, 3.05) is 7.11 Å². The van der Waals surface area contributed by atoms with Gasteiger partial charge in [0.15, 0.2) is 11.5 Å². The number of urea groups is 1. The second-order valence-corrected chi connectivity index (χ2v) is 7.47. The van der Waals surface area contributed by atoms with Gasteiger partial charge in [-0.1, -0.05) is 40.2 Å². The number of para-hydroxylation sites is 1. The highest BCUT2D eigenvalue weighted by molar-refractivity contribution is 9.10. The molecule has 0 bridgehead atoms. The second-order valence-electron chi connectivity index (χ2n) is 6.55. The van der Waals surface area contributed by atoms with E-state index in [1.54, 1.807) is 25.3 Å². The Bertz CT molecular complexity index is 923. The van der Waals surface area contributed by atoms with Gasteiger partial charge < -0.3 is 14.8 Å². The molecule has 1 fully saturated rings. The van der Waals surface area contributed by atoms with Crippen LogP contribution in [0, 0.1) is 0 Å². The van der Waals surface area contributed by atoms with Gasteiger partial charge >= 0.3 is 6.03 Å². The molecule has 0 aromatic heterocycles. The summed E-state index contributed by atoms with van der Waals surface area (Å²) in [6.07, 6.45) is 1.54. The van der Waals surface area contributed by atoms with Gasteiger partial charge in [-0.25, -0.2) is 4.79 Å². The average Bonchev–Trinajstić information content (AvgIpc) is 2.92. The van der Waals surface area contributed by atoms with Gasteiger partial charge in [0.1, 0.15) is 5.70 Å². The number of nitrogens with one attached hydrogen (secondary N) is 1. The molecule has 1 N–H and O–H groups in total. The second kappa shape index (κ2) is 8.48. The monoisotopic (exact) mass is 444 g/mol. The summed E-state index contributed by atoms with van der Waals surface area (Å²) in [7, 11) is 1.56. The number of amides is 3. The van der Waals surface area contributed by atoms with Crippen LogP contribution in [0.15, 0.2) is 52.6 Å². The number of rotatable bonds is 6. The van der Waals surface area contributed by atoms with E-state index in [4.69, 9.17) is 9.47 Å². The summed E-state index contributed by atoms with van der Waals surface area (Å²) >= 11 is 3.37. The van der Waals surface area contributed by atoms with Crippen LogP contribution in [-0.2, 0) is 11.3 Å². The first-order chi connectivity index (χ1) is 13.4. The number of carbonyl (C=O) groups excluding carboxylic acids is 2. The van der Waals surface area contributed by atoms with Crippen LogP contribution in [-0.4, -0.2) is 30.1 Å². The molecule has 0 saturated carbocycles. The first-order valence-electron chi connectivity index (χ1n) is 8.81. The zero-order chi connectivity index (χ0) is 20.3. The van der Waals surface area contributed by atoms with Crippen LogP contribution in [0.25, 0.3) is 6.08 Å². The largest absolute Gasteiger partial charge is 0.493 e. The first-order valence-corrected chi connectivity index (χ1v) is 9.61. The maximum absolute atomic E-state index is 12.8. The maximum atomic E-state index is 12.8. The summed E-state index contributed by atoms with van der Waals surface area (Å²) < 4.78 is 12.2. The normalized spacial score (nSPS) is 15.3. The Hall–Kier alpha value is -2.80. The van der Waals surface area contributed by atoms with E-state index in [2.05, 4.69) is 21.2 Å². The molecule has 1 aliphatic rings. The molecule has 3 amide bonds. The van der Waals surface area contributed by atoms with E-state index in [0.717, 1.165) is 10.0 Å². The maximum Gasteiger partial charge on any atom is 0.329 e. The summed E-state index contributed by atoms with van der Waals surface area (Å²) in [5.74, 6) is 0.707. The Morgan fingerprint density at radius 2 is 1.86 bits per heavy atom. The Labute approximate surface area is 172 Å². The van der Waals surface area contributed by atoms with Crippen molar-refractivity contribution in [3.63, 3.8) is 0 Å². The minimum absolute atomic E-state index is 0.0729. The van der Waals surface area contributed by atoms with Crippen molar-refractivity contribution in [1.29, 1.82) is 0 Å². The lowest BCUT2D eigenvalue weighted by Gasteiger charge is -2.16. The molecule has 0 aliphatic carbocycles. The molecule has 3 rings (SSSR count). The van der Waals surface area contributed by atoms with Crippen LogP contribution >= 0.6 is 15.9 Å². The first kappa shape index (κ1) is 19.9. The predicted molar refractivity (Wildman–Crippen MR) is 110 cm³/mol. The quantitative estimate of drug-likeness (QED) is 0.531. The molecule has 146 valence electrons. The lowest BCUT2D eigenvalue weighted by atomic mass is 10.1. The summed E-state index contributed by atoms with van der Waals surface area (Å²) in [5.41, 5.74) is 1.71. The number of hydrogen-bond acceptors (Lipinski definition) is 4. The lowest BCUT2D eigenvalue weighted by molar-refractivity contribution is -0.123. The fourth-order valence-corrected chi connectivity index (χ4v) is 3.08. The molecule has 1 aliphatic heterocycles. The van der Waals surface area contributed by atoms with Crippen molar-refractivity contribution < 1.29 is 19.1 Å². The number of methoxy groups -OCH3 is 1. The SMILES string of the molecule is COc1cccc(/C=C2\NC(=O)N(Cc3ccc(Br)cc3)C2=O)c1OC(C)C. The number of nitrogens with zero attached hydrogens (tertiary/aromatic N) is 1. The van der Waals surface area contributed by atoms with Crippen molar-refractivity contribution in [2.24, 2.45) is 0 Å². The van der Waals surface area contributed by atoms with Gasteiger partial charge in [-0.2, -0.15) is 0 Å². The lowest BCUT2D eigenvalue weighted by Crippen LogP contribution is -2.30. The zero-order valence-corrected chi connectivity index (χ0v) is 17.4. The molecule has 2 aromatic rings. The Balaban J connectivity index is 1.88. The van der Waals surface area contributed by atoms with E-state index >= 15 is 0 Å². The predicted octanol–water partition coefficient (Wildman–Crippen LogP) is 4.34. The third-order valence-corrected chi connectivity index (χ3v) is 4.63. The molecular weight excluding hydrogens is 424 g/mol. The topological polar surface area (TPSA) is 67.9 Å². The average molecular weight is 445 g/mol. The molecule has 1 saturated heterocycles. The number of benzene rings is 2. The highest BCUT2D eigenvalue weighted by atomic mass is 79.9. The zero-order valence-electron chi connectivity index (χ0n) is 15.9. The van der Waals surface area contributed by atoms with Gasteiger partial charge in [0, 0.05) is 10.0 Å². The highest BCUT2D eigenvalue weighted by Gasteiger charge is 2.33. The van der Waals surface area contributed by atoms with Gasteiger partial charge in [-0.3, -0.25) is 9.69 Å². The summed E-state index contributed by atoms with van der Waals surface area (Å²) in [6.45, 7) is 4.01. The smallest absolute Gasteiger partial charge is 0.329 e. The van der Waals surface area contributed by atoms with Crippen molar-refractivity contribution in [2.45, 2.75) is 26.5 Å². The molecule has 0 spiro atoms. The standard InChI is InChI=1S/C21H21BrN2O4/c1-13(2)28-19-15(5-4-6-18(19)27-3)11-17-20(25)24(21(26)23-17)12-14-7-9-16(22)10-8-14/h4-11,13H,12H2,1-3H3,(H,23,26)/b17-11-. The van der Waals surface area contributed by atoms with Gasteiger partial charge in [0.2, 0.25) is 0 Å². The number of hydrogen-bond donors (Lipinski definition) is 1.